The van der Waals surface area contributed by atoms with Crippen LogP contribution in [0, 0.1) is 13.8 Å². The summed E-state index contributed by atoms with van der Waals surface area (Å²) < 4.78 is 0. The fourth-order valence-corrected chi connectivity index (χ4v) is 3.82. The summed E-state index contributed by atoms with van der Waals surface area (Å²) in [5.74, 6) is -5.86. The van der Waals surface area contributed by atoms with E-state index in [-0.39, 0.29) is 39.0 Å². The minimum atomic E-state index is -1.45. The minimum Gasteiger partial charge on any atom is -0.507 e. The number of carbonyl (C=O) groups is 4. The van der Waals surface area contributed by atoms with Gasteiger partial charge in [0.05, 0.1) is 0 Å². The summed E-state index contributed by atoms with van der Waals surface area (Å²) in [6.45, 7) is 4.36. The van der Waals surface area contributed by atoms with Gasteiger partial charge in [0, 0.05) is 0 Å². The molecular weight excluding hydrogens is 444 g/mol. The number of phenols is 2. The molecule has 1 aliphatic carbocycles. The fourth-order valence-electron chi connectivity index (χ4n) is 3.82. The predicted octanol–water partition coefficient (Wildman–Crippen LogP) is 3.45. The van der Waals surface area contributed by atoms with E-state index in [4.69, 9.17) is 0 Å². The summed E-state index contributed by atoms with van der Waals surface area (Å²) in [4.78, 5) is 46.9. The Balaban J connectivity index is 2.49. The van der Waals surface area contributed by atoms with Gasteiger partial charge in [-0.3, -0.25) is 4.79 Å². The van der Waals surface area contributed by atoms with E-state index in [2.05, 4.69) is 0 Å². The minimum absolute atomic E-state index is 0.125. The Labute approximate surface area is 193 Å². The van der Waals surface area contributed by atoms with Crippen molar-refractivity contribution in [2.45, 2.75) is 20.8 Å². The van der Waals surface area contributed by atoms with Gasteiger partial charge in [-0.2, -0.15) is 0 Å². The molecule has 0 bridgehead atoms. The quantitative estimate of drug-likeness (QED) is 0.416. The van der Waals surface area contributed by atoms with E-state index in [1.165, 1.54) is 51.1 Å². The molecule has 0 heterocycles. The first-order valence-corrected chi connectivity index (χ1v) is 9.91. The third kappa shape index (κ3) is 3.95. The molecule has 0 aromatic heterocycles. The molecule has 9 heteroatoms. The van der Waals surface area contributed by atoms with Crippen LogP contribution in [-0.2, 0) is 9.59 Å². The fraction of sp³-hybridized carbons (Fsp3) is 0.120. The zero-order chi connectivity index (χ0) is 25.5. The molecule has 0 atom stereocenters. The zero-order valence-corrected chi connectivity index (χ0v) is 18.3. The van der Waals surface area contributed by atoms with E-state index >= 15 is 0 Å². The molecule has 5 N–H and O–H groups in total. The highest BCUT2D eigenvalue weighted by molar-refractivity contribution is 6.25. The number of ketones is 1. The molecule has 0 fully saturated rings. The van der Waals surface area contributed by atoms with Crippen molar-refractivity contribution in [3.05, 3.63) is 86.5 Å². The summed E-state index contributed by atoms with van der Waals surface area (Å²) >= 11 is 0. The van der Waals surface area contributed by atoms with E-state index in [0.717, 1.165) is 6.08 Å². The van der Waals surface area contributed by atoms with Gasteiger partial charge in [0.2, 0.25) is 0 Å². The SMILES string of the molecule is CC1=CC(=C(c2ccc(C(=O)O)c(O)c2C)c2ccc(C(=O)O)c(O)c2C)C=C(C(=O)O)C1=O. The molecule has 0 saturated heterocycles. The number of hydrogen-bond acceptors (Lipinski definition) is 6. The molecule has 2 aromatic rings. The molecule has 0 spiro atoms. The molecule has 0 radical (unpaired) electrons. The summed E-state index contributed by atoms with van der Waals surface area (Å²) in [6, 6.07) is 5.17. The van der Waals surface area contributed by atoms with Gasteiger partial charge >= 0.3 is 17.9 Å². The highest BCUT2D eigenvalue weighted by Crippen LogP contribution is 2.40. The maximum atomic E-state index is 12.3. The first kappa shape index (κ1) is 24.0. The average Bonchev–Trinajstić information content (AvgIpc) is 2.75. The zero-order valence-electron chi connectivity index (χ0n) is 18.3. The maximum Gasteiger partial charge on any atom is 0.339 e. The van der Waals surface area contributed by atoms with Crippen molar-refractivity contribution >= 4 is 29.3 Å². The summed E-state index contributed by atoms with van der Waals surface area (Å²) in [5, 5.41) is 49.2. The molecular formula is C25H20O9. The average molecular weight is 464 g/mol. The standard InChI is InChI=1S/C25H20O9/c1-10-8-13(9-18(20(10)26)25(33)34)19(14-4-6-16(23(29)30)21(27)11(14)2)15-5-7-17(24(31)32)22(28)12(15)3/h4-9,27-28H,1-3H3,(H,29,30)(H,31,32)(H,33,34). The normalized spacial score (nSPS) is 13.3. The lowest BCUT2D eigenvalue weighted by Gasteiger charge is -2.21. The van der Waals surface area contributed by atoms with Gasteiger partial charge in [-0.1, -0.05) is 12.1 Å². The Morgan fingerprint density at radius 2 is 1.06 bits per heavy atom. The second-order valence-electron chi connectivity index (χ2n) is 7.73. The van der Waals surface area contributed by atoms with Crippen LogP contribution in [0.15, 0.2) is 53.1 Å². The number of aromatic hydroxyl groups is 2. The van der Waals surface area contributed by atoms with Crippen LogP contribution in [0.2, 0.25) is 0 Å². The summed E-state index contributed by atoms with van der Waals surface area (Å²) in [5.41, 5.74) is 0.322. The van der Waals surface area contributed by atoms with E-state index in [0.29, 0.717) is 11.1 Å². The number of carboxylic acids is 3. The molecule has 34 heavy (non-hydrogen) atoms. The Morgan fingerprint density at radius 3 is 1.44 bits per heavy atom. The van der Waals surface area contributed by atoms with Gasteiger partial charge in [0.25, 0.3) is 0 Å². The predicted molar refractivity (Wildman–Crippen MR) is 120 cm³/mol. The molecule has 0 saturated carbocycles. The number of rotatable bonds is 5. The van der Waals surface area contributed by atoms with Crippen molar-refractivity contribution in [3.8, 4) is 11.5 Å². The van der Waals surface area contributed by atoms with E-state index < -0.39 is 40.8 Å². The van der Waals surface area contributed by atoms with Crippen molar-refractivity contribution in [2.24, 2.45) is 0 Å². The number of aromatic carboxylic acids is 2. The summed E-state index contributed by atoms with van der Waals surface area (Å²) in [7, 11) is 0. The number of aliphatic carboxylic acids is 1. The third-order valence-electron chi connectivity index (χ3n) is 5.66. The van der Waals surface area contributed by atoms with Crippen molar-refractivity contribution < 1.29 is 44.7 Å². The van der Waals surface area contributed by atoms with Gasteiger partial charge in [-0.15, -0.1) is 0 Å². The largest absolute Gasteiger partial charge is 0.507 e. The number of carbonyl (C=O) groups excluding carboxylic acids is 1. The molecule has 2 aromatic carbocycles. The number of Topliss-reactive ketones (excluding diaryl/α,β-unsaturated/α-hetero) is 1. The number of hydrogen-bond donors (Lipinski definition) is 5. The third-order valence-corrected chi connectivity index (χ3v) is 5.66. The molecule has 1 aliphatic rings. The van der Waals surface area contributed by atoms with Crippen LogP contribution < -0.4 is 0 Å². The van der Waals surface area contributed by atoms with Gasteiger partial charge in [-0.25, -0.2) is 14.4 Å². The van der Waals surface area contributed by atoms with Crippen LogP contribution in [0.25, 0.3) is 5.57 Å². The second-order valence-corrected chi connectivity index (χ2v) is 7.73. The van der Waals surface area contributed by atoms with Crippen molar-refractivity contribution in [1.82, 2.24) is 0 Å². The molecule has 0 aliphatic heterocycles. The van der Waals surface area contributed by atoms with Crippen molar-refractivity contribution in [3.63, 3.8) is 0 Å². The molecule has 0 amide bonds. The van der Waals surface area contributed by atoms with Gasteiger partial charge in [0.1, 0.15) is 28.2 Å². The Morgan fingerprint density at radius 1 is 0.647 bits per heavy atom. The van der Waals surface area contributed by atoms with Crippen LogP contribution in [0.4, 0.5) is 0 Å². The van der Waals surface area contributed by atoms with E-state index in [1.807, 2.05) is 0 Å². The van der Waals surface area contributed by atoms with Crippen molar-refractivity contribution in [2.75, 3.05) is 0 Å². The van der Waals surface area contributed by atoms with Crippen LogP contribution in [-0.4, -0.2) is 49.2 Å². The lowest BCUT2D eigenvalue weighted by molar-refractivity contribution is -0.134. The topological polar surface area (TPSA) is 169 Å². The Bertz CT molecular complexity index is 1320. The number of carboxylic acid groups (broad SMARTS) is 3. The lowest BCUT2D eigenvalue weighted by Crippen LogP contribution is -2.17. The van der Waals surface area contributed by atoms with Crippen LogP contribution >= 0.6 is 0 Å². The van der Waals surface area contributed by atoms with Crippen molar-refractivity contribution in [1.29, 1.82) is 0 Å². The number of benzene rings is 2. The smallest absolute Gasteiger partial charge is 0.339 e. The first-order valence-electron chi connectivity index (χ1n) is 9.91. The summed E-state index contributed by atoms with van der Waals surface area (Å²) in [6.07, 6.45) is 2.59. The van der Waals surface area contributed by atoms with E-state index in [9.17, 15) is 44.7 Å². The Hall–Kier alpha value is -4.66. The van der Waals surface area contributed by atoms with Gasteiger partial charge in [0.15, 0.2) is 5.78 Å². The molecule has 3 rings (SSSR count). The van der Waals surface area contributed by atoms with Gasteiger partial charge in [-0.05, 0) is 84.0 Å². The molecule has 9 nitrogen and oxygen atoms in total. The molecule has 0 unspecified atom stereocenters. The highest BCUT2D eigenvalue weighted by Gasteiger charge is 2.27. The first-order chi connectivity index (χ1) is 15.9. The van der Waals surface area contributed by atoms with Crippen LogP contribution in [0.3, 0.4) is 0 Å². The number of allylic oxidation sites excluding steroid dienone is 4. The lowest BCUT2D eigenvalue weighted by atomic mass is 9.83. The van der Waals surface area contributed by atoms with Gasteiger partial charge < -0.3 is 25.5 Å². The monoisotopic (exact) mass is 464 g/mol. The van der Waals surface area contributed by atoms with Crippen LogP contribution in [0.1, 0.15) is 49.9 Å². The second kappa shape index (κ2) is 8.70. The molecule has 174 valence electrons. The Kier molecular flexibility index (Phi) is 6.14. The van der Waals surface area contributed by atoms with Crippen LogP contribution in [0.5, 0.6) is 11.5 Å². The van der Waals surface area contributed by atoms with E-state index in [1.54, 1.807) is 0 Å². The highest BCUT2D eigenvalue weighted by atomic mass is 16.4. The maximum absolute atomic E-state index is 12.3.